The Morgan fingerprint density at radius 1 is 0.731 bits per heavy atom. The van der Waals surface area contributed by atoms with Crippen LogP contribution in [0.1, 0.15) is 19.8 Å². The standard InChI is InChI=1S/C8H16O5.C7H14O6/c1-2-3-4-5(9)6(10)7(11)8(12)13-4;1-12-7-6(11)5(10)4(9)3(2-8)13-7/h4-12H,2-3H2,1H3;3-11H,2H2,1H3. The van der Waals surface area contributed by atoms with Crippen LogP contribution in [0.15, 0.2) is 0 Å². The number of ether oxygens (including phenoxy) is 3. The molecule has 0 bridgehead atoms. The smallest absolute Gasteiger partial charge is 0.186 e. The Morgan fingerprint density at radius 3 is 1.77 bits per heavy atom. The molecule has 2 fully saturated rings. The zero-order valence-electron chi connectivity index (χ0n) is 14.7. The van der Waals surface area contributed by atoms with Gasteiger partial charge in [0.15, 0.2) is 12.6 Å². The third-order valence-electron chi connectivity index (χ3n) is 4.34. The second-order valence-electron chi connectivity index (χ2n) is 6.26. The van der Waals surface area contributed by atoms with Crippen molar-refractivity contribution in [2.24, 2.45) is 0 Å². The fourth-order valence-corrected chi connectivity index (χ4v) is 2.72. The lowest BCUT2D eigenvalue weighted by Gasteiger charge is -2.38. The SMILES string of the molecule is CCCC1OC(O)C(O)C(O)C1O.COC1OC(CO)C(O)C(O)C1O. The largest absolute Gasteiger partial charge is 0.394 e. The topological polar surface area (TPSA) is 190 Å². The fraction of sp³-hybridized carbons (Fsp3) is 1.00. The van der Waals surface area contributed by atoms with Crippen molar-refractivity contribution in [2.45, 2.75) is 81.2 Å². The van der Waals surface area contributed by atoms with E-state index in [0.717, 1.165) is 6.42 Å². The number of methoxy groups -OCH3 is 1. The highest BCUT2D eigenvalue weighted by Gasteiger charge is 2.43. The minimum atomic E-state index is -1.43. The molecule has 0 amide bonds. The molecule has 0 aromatic carbocycles. The van der Waals surface area contributed by atoms with Crippen LogP contribution in [0.4, 0.5) is 0 Å². The molecule has 2 aliphatic rings. The van der Waals surface area contributed by atoms with Gasteiger partial charge in [0, 0.05) is 7.11 Å². The zero-order valence-corrected chi connectivity index (χ0v) is 14.7. The van der Waals surface area contributed by atoms with Crippen molar-refractivity contribution >= 4 is 0 Å². The zero-order chi connectivity index (χ0) is 20.0. The van der Waals surface area contributed by atoms with E-state index in [4.69, 9.17) is 29.5 Å². The highest BCUT2D eigenvalue weighted by Crippen LogP contribution is 2.22. The maximum absolute atomic E-state index is 9.41. The molecule has 2 heterocycles. The third kappa shape index (κ3) is 5.53. The van der Waals surface area contributed by atoms with E-state index in [1.165, 1.54) is 7.11 Å². The second-order valence-corrected chi connectivity index (χ2v) is 6.26. The van der Waals surface area contributed by atoms with Gasteiger partial charge in [-0.15, -0.1) is 0 Å². The van der Waals surface area contributed by atoms with Gasteiger partial charge in [-0.1, -0.05) is 13.3 Å². The van der Waals surface area contributed by atoms with E-state index in [1.807, 2.05) is 6.92 Å². The van der Waals surface area contributed by atoms with Gasteiger partial charge in [-0.05, 0) is 6.42 Å². The lowest BCUT2D eigenvalue weighted by atomic mass is 9.96. The summed E-state index contributed by atoms with van der Waals surface area (Å²) in [7, 11) is 1.30. The first-order valence-corrected chi connectivity index (χ1v) is 8.40. The third-order valence-corrected chi connectivity index (χ3v) is 4.34. The van der Waals surface area contributed by atoms with E-state index >= 15 is 0 Å². The quantitative estimate of drug-likeness (QED) is 0.235. The van der Waals surface area contributed by atoms with Gasteiger partial charge in [0.25, 0.3) is 0 Å². The molecule has 26 heavy (non-hydrogen) atoms. The maximum atomic E-state index is 9.41. The maximum Gasteiger partial charge on any atom is 0.186 e. The molecule has 0 radical (unpaired) electrons. The van der Waals surface area contributed by atoms with Crippen LogP contribution in [0.3, 0.4) is 0 Å². The molecule has 2 saturated heterocycles. The average Bonchev–Trinajstić information content (AvgIpc) is 2.63. The summed E-state index contributed by atoms with van der Waals surface area (Å²) in [5.74, 6) is 0. The van der Waals surface area contributed by atoms with Crippen molar-refractivity contribution in [1.82, 2.24) is 0 Å². The molecule has 10 atom stereocenters. The van der Waals surface area contributed by atoms with E-state index in [1.54, 1.807) is 0 Å². The monoisotopic (exact) mass is 386 g/mol. The van der Waals surface area contributed by atoms with E-state index in [-0.39, 0.29) is 0 Å². The van der Waals surface area contributed by atoms with Gasteiger partial charge in [0.2, 0.25) is 0 Å². The molecular formula is C15H30O11. The molecule has 2 rings (SSSR count). The molecule has 8 N–H and O–H groups in total. The van der Waals surface area contributed by atoms with E-state index < -0.39 is 68.0 Å². The molecule has 0 saturated carbocycles. The van der Waals surface area contributed by atoms with Gasteiger partial charge in [-0.25, -0.2) is 0 Å². The van der Waals surface area contributed by atoms with Crippen molar-refractivity contribution in [3.8, 4) is 0 Å². The van der Waals surface area contributed by atoms with Gasteiger partial charge in [-0.3, -0.25) is 0 Å². The van der Waals surface area contributed by atoms with Crippen LogP contribution in [0.5, 0.6) is 0 Å². The summed E-state index contributed by atoms with van der Waals surface area (Å²) >= 11 is 0. The molecule has 2 aliphatic heterocycles. The first-order valence-electron chi connectivity index (χ1n) is 8.40. The summed E-state index contributed by atoms with van der Waals surface area (Å²) in [6, 6.07) is 0. The Morgan fingerprint density at radius 2 is 1.27 bits per heavy atom. The summed E-state index contributed by atoms with van der Waals surface area (Å²) in [6.07, 6.45) is -10.5. The number of aliphatic hydroxyl groups is 8. The fourth-order valence-electron chi connectivity index (χ4n) is 2.72. The van der Waals surface area contributed by atoms with Crippen LogP contribution in [0.2, 0.25) is 0 Å². The lowest BCUT2D eigenvalue weighted by molar-refractivity contribution is -0.294. The van der Waals surface area contributed by atoms with Gasteiger partial charge in [-0.2, -0.15) is 0 Å². The van der Waals surface area contributed by atoms with E-state index in [2.05, 4.69) is 0 Å². The molecule has 10 unspecified atom stereocenters. The van der Waals surface area contributed by atoms with Crippen molar-refractivity contribution in [3.05, 3.63) is 0 Å². The molecule has 0 spiro atoms. The molecule has 0 aromatic rings. The lowest BCUT2D eigenvalue weighted by Crippen LogP contribution is -2.58. The summed E-state index contributed by atoms with van der Waals surface area (Å²) in [5.41, 5.74) is 0. The number of hydrogen-bond acceptors (Lipinski definition) is 11. The molecule has 156 valence electrons. The van der Waals surface area contributed by atoms with E-state index in [9.17, 15) is 25.5 Å². The van der Waals surface area contributed by atoms with Crippen LogP contribution in [-0.4, -0.2) is 116 Å². The number of aliphatic hydroxyl groups excluding tert-OH is 8. The molecule has 0 aliphatic carbocycles. The second kappa shape index (κ2) is 10.8. The Hall–Kier alpha value is -0.440. The Kier molecular flexibility index (Phi) is 9.79. The summed E-state index contributed by atoms with van der Waals surface area (Å²) in [4.78, 5) is 0. The Bertz CT molecular complexity index is 371. The van der Waals surface area contributed by atoms with Crippen LogP contribution in [-0.2, 0) is 14.2 Å². The Balaban J connectivity index is 0.000000260. The van der Waals surface area contributed by atoms with Gasteiger partial charge >= 0.3 is 0 Å². The highest BCUT2D eigenvalue weighted by atomic mass is 16.7. The summed E-state index contributed by atoms with van der Waals surface area (Å²) in [6.45, 7) is 1.46. The molecular weight excluding hydrogens is 356 g/mol. The first kappa shape index (κ1) is 23.6. The molecule has 11 heteroatoms. The van der Waals surface area contributed by atoms with Crippen LogP contribution >= 0.6 is 0 Å². The van der Waals surface area contributed by atoms with Crippen molar-refractivity contribution in [1.29, 1.82) is 0 Å². The van der Waals surface area contributed by atoms with Gasteiger partial charge in [0.05, 0.1) is 12.7 Å². The predicted molar refractivity (Wildman–Crippen MR) is 84.6 cm³/mol. The predicted octanol–water partition coefficient (Wildman–Crippen LogP) is -3.98. The number of hydrogen-bond donors (Lipinski definition) is 8. The average molecular weight is 386 g/mol. The van der Waals surface area contributed by atoms with Crippen molar-refractivity contribution in [3.63, 3.8) is 0 Å². The minimum Gasteiger partial charge on any atom is -0.394 e. The van der Waals surface area contributed by atoms with Gasteiger partial charge in [0.1, 0.15) is 42.7 Å². The minimum absolute atomic E-state index is 0.440. The van der Waals surface area contributed by atoms with Crippen LogP contribution in [0.25, 0.3) is 0 Å². The van der Waals surface area contributed by atoms with Crippen molar-refractivity contribution < 1.29 is 55.1 Å². The summed E-state index contributed by atoms with van der Waals surface area (Å²) < 4.78 is 14.6. The highest BCUT2D eigenvalue weighted by molar-refractivity contribution is 4.89. The number of rotatable bonds is 4. The Labute approximate surface area is 151 Å². The van der Waals surface area contributed by atoms with Crippen LogP contribution < -0.4 is 0 Å². The normalized spacial score (nSPS) is 46.4. The molecule has 0 aromatic heterocycles. The molecule has 11 nitrogen and oxygen atoms in total. The first-order chi connectivity index (χ1) is 12.2. The summed E-state index contributed by atoms with van der Waals surface area (Å²) in [5, 5.41) is 73.5. The van der Waals surface area contributed by atoms with Crippen molar-refractivity contribution in [2.75, 3.05) is 13.7 Å². The van der Waals surface area contributed by atoms with Gasteiger partial charge < -0.3 is 55.1 Å². The van der Waals surface area contributed by atoms with Crippen LogP contribution in [0, 0.1) is 0 Å². The van der Waals surface area contributed by atoms with E-state index in [0.29, 0.717) is 6.42 Å².